The quantitative estimate of drug-likeness (QED) is 0.390. The van der Waals surface area contributed by atoms with Crippen molar-refractivity contribution in [3.63, 3.8) is 0 Å². The molecule has 0 aliphatic heterocycles. The lowest BCUT2D eigenvalue weighted by Crippen LogP contribution is -2.17. The summed E-state index contributed by atoms with van der Waals surface area (Å²) in [5, 5.41) is 8.74. The Bertz CT molecular complexity index is 1180. The van der Waals surface area contributed by atoms with Crippen LogP contribution >= 0.6 is 0 Å². The molecule has 3 aromatic carbocycles. The second-order valence-corrected chi connectivity index (χ2v) is 6.79. The second-order valence-electron chi connectivity index (χ2n) is 6.79. The van der Waals surface area contributed by atoms with Crippen LogP contribution in [0, 0.1) is 12.7 Å². The van der Waals surface area contributed by atoms with Crippen molar-refractivity contribution in [2.45, 2.75) is 6.92 Å². The molecule has 0 saturated heterocycles. The maximum atomic E-state index is 13.4. The van der Waals surface area contributed by atoms with Crippen LogP contribution < -0.4 is 5.43 Å². The zero-order valence-corrected chi connectivity index (χ0v) is 16.3. The maximum Gasteiger partial charge on any atom is 0.271 e. The molecule has 0 fully saturated rings. The van der Waals surface area contributed by atoms with Crippen molar-refractivity contribution < 1.29 is 9.18 Å². The van der Waals surface area contributed by atoms with Crippen LogP contribution in [0.4, 0.5) is 4.39 Å². The number of nitrogens with one attached hydrogen (secondary N) is 1. The number of hydrogen-bond acceptors (Lipinski definition) is 3. The summed E-state index contributed by atoms with van der Waals surface area (Å²) in [5.74, 6) is -0.619. The number of halogens is 1. The van der Waals surface area contributed by atoms with E-state index in [-0.39, 0.29) is 11.7 Å². The number of rotatable bonds is 5. The monoisotopic (exact) mass is 398 g/mol. The predicted molar refractivity (Wildman–Crippen MR) is 115 cm³/mol. The summed E-state index contributed by atoms with van der Waals surface area (Å²) in [6.07, 6.45) is 3.35. The van der Waals surface area contributed by atoms with Gasteiger partial charge >= 0.3 is 0 Å². The SMILES string of the molecule is Cc1ccc(C(=O)N/N=C/c2cn(-c3ccccc3)nc2-c2ccc(F)cc2)cc1. The Morgan fingerprint density at radius 1 is 1.00 bits per heavy atom. The molecule has 1 aromatic heterocycles. The first-order chi connectivity index (χ1) is 14.6. The molecule has 4 aromatic rings. The molecule has 0 unspecified atom stereocenters. The summed E-state index contributed by atoms with van der Waals surface area (Å²) in [6.45, 7) is 1.96. The smallest absolute Gasteiger partial charge is 0.267 e. The van der Waals surface area contributed by atoms with E-state index in [4.69, 9.17) is 0 Å². The van der Waals surface area contributed by atoms with Gasteiger partial charge in [0, 0.05) is 22.9 Å². The highest BCUT2D eigenvalue weighted by atomic mass is 19.1. The van der Waals surface area contributed by atoms with E-state index in [1.165, 1.54) is 18.3 Å². The summed E-state index contributed by atoms with van der Waals surface area (Å²) in [6, 6.07) is 23.0. The Kier molecular flexibility index (Phi) is 5.48. The Morgan fingerprint density at radius 3 is 2.40 bits per heavy atom. The first kappa shape index (κ1) is 19.3. The van der Waals surface area contributed by atoms with Crippen molar-refractivity contribution in [1.82, 2.24) is 15.2 Å². The van der Waals surface area contributed by atoms with Gasteiger partial charge in [0.15, 0.2) is 0 Å². The zero-order chi connectivity index (χ0) is 20.9. The van der Waals surface area contributed by atoms with Crippen LogP contribution in [0.25, 0.3) is 16.9 Å². The van der Waals surface area contributed by atoms with Gasteiger partial charge in [-0.05, 0) is 55.5 Å². The van der Waals surface area contributed by atoms with E-state index in [9.17, 15) is 9.18 Å². The van der Waals surface area contributed by atoms with Crippen LogP contribution in [-0.2, 0) is 0 Å². The molecule has 0 aliphatic rings. The average molecular weight is 398 g/mol. The van der Waals surface area contributed by atoms with E-state index in [0.717, 1.165) is 16.8 Å². The van der Waals surface area contributed by atoms with Gasteiger partial charge in [0.05, 0.1) is 11.9 Å². The van der Waals surface area contributed by atoms with Crippen LogP contribution in [-0.4, -0.2) is 21.9 Å². The molecular weight excluding hydrogens is 379 g/mol. The molecule has 1 N–H and O–H groups in total. The lowest BCUT2D eigenvalue weighted by molar-refractivity contribution is 0.0955. The minimum absolute atomic E-state index is 0.301. The molecule has 6 heteroatoms. The van der Waals surface area contributed by atoms with Gasteiger partial charge in [0.25, 0.3) is 5.91 Å². The molecule has 0 aliphatic carbocycles. The van der Waals surface area contributed by atoms with Crippen LogP contribution in [0.2, 0.25) is 0 Å². The Morgan fingerprint density at radius 2 is 1.70 bits per heavy atom. The largest absolute Gasteiger partial charge is 0.271 e. The highest BCUT2D eigenvalue weighted by molar-refractivity contribution is 5.95. The fourth-order valence-corrected chi connectivity index (χ4v) is 2.96. The highest BCUT2D eigenvalue weighted by Gasteiger charge is 2.12. The van der Waals surface area contributed by atoms with E-state index < -0.39 is 0 Å². The van der Waals surface area contributed by atoms with Gasteiger partial charge in [-0.2, -0.15) is 10.2 Å². The van der Waals surface area contributed by atoms with E-state index in [1.807, 2.05) is 55.6 Å². The maximum absolute atomic E-state index is 13.4. The average Bonchev–Trinajstić information content (AvgIpc) is 3.19. The van der Waals surface area contributed by atoms with Gasteiger partial charge in [-0.25, -0.2) is 14.5 Å². The Labute approximate surface area is 173 Å². The number of para-hydroxylation sites is 1. The molecular formula is C24H19FN4O. The molecule has 4 rings (SSSR count). The van der Waals surface area contributed by atoms with Gasteiger partial charge in [0.2, 0.25) is 0 Å². The molecule has 0 spiro atoms. The molecule has 30 heavy (non-hydrogen) atoms. The number of aromatic nitrogens is 2. The molecule has 1 amide bonds. The third-order valence-corrected chi connectivity index (χ3v) is 4.56. The number of carbonyl (C=O) groups is 1. The van der Waals surface area contributed by atoms with Crippen LogP contribution in [0.1, 0.15) is 21.5 Å². The normalized spacial score (nSPS) is 11.0. The molecule has 0 radical (unpaired) electrons. The molecule has 0 saturated carbocycles. The fraction of sp³-hybridized carbons (Fsp3) is 0.0417. The van der Waals surface area contributed by atoms with Gasteiger partial charge < -0.3 is 0 Å². The van der Waals surface area contributed by atoms with E-state index >= 15 is 0 Å². The minimum Gasteiger partial charge on any atom is -0.267 e. The van der Waals surface area contributed by atoms with Gasteiger partial charge in [-0.3, -0.25) is 4.79 Å². The van der Waals surface area contributed by atoms with Gasteiger partial charge in [-0.1, -0.05) is 35.9 Å². The van der Waals surface area contributed by atoms with Crippen LogP contribution in [0.3, 0.4) is 0 Å². The number of benzene rings is 3. The fourth-order valence-electron chi connectivity index (χ4n) is 2.96. The molecule has 5 nitrogen and oxygen atoms in total. The summed E-state index contributed by atoms with van der Waals surface area (Å²) in [4.78, 5) is 12.3. The second kappa shape index (κ2) is 8.53. The van der Waals surface area contributed by atoms with E-state index in [2.05, 4.69) is 15.6 Å². The van der Waals surface area contributed by atoms with Gasteiger partial charge in [0.1, 0.15) is 11.5 Å². The van der Waals surface area contributed by atoms with Crippen molar-refractivity contribution >= 4 is 12.1 Å². The Balaban J connectivity index is 1.63. The van der Waals surface area contributed by atoms with Crippen molar-refractivity contribution in [3.8, 4) is 16.9 Å². The van der Waals surface area contributed by atoms with E-state index in [1.54, 1.807) is 28.9 Å². The number of hydrazone groups is 1. The van der Waals surface area contributed by atoms with Crippen LogP contribution in [0.5, 0.6) is 0 Å². The molecule has 0 atom stereocenters. The van der Waals surface area contributed by atoms with Crippen molar-refractivity contribution in [3.05, 3.63) is 108 Å². The third-order valence-electron chi connectivity index (χ3n) is 4.56. The highest BCUT2D eigenvalue weighted by Crippen LogP contribution is 2.23. The number of aryl methyl sites for hydroxylation is 1. The lowest BCUT2D eigenvalue weighted by atomic mass is 10.1. The first-order valence-electron chi connectivity index (χ1n) is 9.41. The molecule has 148 valence electrons. The van der Waals surface area contributed by atoms with Crippen molar-refractivity contribution in [2.75, 3.05) is 0 Å². The summed E-state index contributed by atoms with van der Waals surface area (Å²) in [7, 11) is 0. The van der Waals surface area contributed by atoms with E-state index in [0.29, 0.717) is 16.8 Å². The van der Waals surface area contributed by atoms with Gasteiger partial charge in [-0.15, -0.1) is 0 Å². The Hall–Kier alpha value is -4.06. The lowest BCUT2D eigenvalue weighted by Gasteiger charge is -2.01. The number of amides is 1. The predicted octanol–water partition coefficient (Wildman–Crippen LogP) is 4.75. The minimum atomic E-state index is -0.318. The number of nitrogens with zero attached hydrogens (tertiary/aromatic N) is 3. The van der Waals surface area contributed by atoms with Crippen LogP contribution in [0.15, 0.2) is 90.2 Å². The first-order valence-corrected chi connectivity index (χ1v) is 9.41. The third kappa shape index (κ3) is 4.33. The number of carbonyl (C=O) groups excluding carboxylic acids is 1. The summed E-state index contributed by atoms with van der Waals surface area (Å²) in [5.41, 5.74) is 7.09. The zero-order valence-electron chi connectivity index (χ0n) is 16.3. The topological polar surface area (TPSA) is 59.3 Å². The van der Waals surface area contributed by atoms with Crippen molar-refractivity contribution in [2.24, 2.45) is 5.10 Å². The standard InChI is InChI=1S/C24H19FN4O/c1-17-7-9-19(10-8-17)24(30)27-26-15-20-16-29(22-5-3-2-4-6-22)28-23(20)18-11-13-21(25)14-12-18/h2-16H,1H3,(H,27,30)/b26-15+. The summed E-state index contributed by atoms with van der Waals surface area (Å²) >= 11 is 0. The van der Waals surface area contributed by atoms with Crippen molar-refractivity contribution in [1.29, 1.82) is 0 Å². The molecule has 1 heterocycles. The molecule has 0 bridgehead atoms. The number of hydrogen-bond donors (Lipinski definition) is 1. The summed E-state index contributed by atoms with van der Waals surface area (Å²) < 4.78 is 15.1.